The molecule has 26 heavy (non-hydrogen) atoms. The minimum Gasteiger partial charge on any atom is -0.380 e. The Hall–Kier alpha value is -2.02. The molecule has 0 saturated heterocycles. The SMILES string of the molecule is COC[C@@H](O[C@@H](COC(C)C)C(=O)NS(C)(=O)=O)n1ccc(=O)[nH]c1=O. The molecule has 0 spiro atoms. The molecular formula is C14H23N3O8S. The van der Waals surface area contributed by atoms with Gasteiger partial charge in [0.2, 0.25) is 10.0 Å². The monoisotopic (exact) mass is 393 g/mol. The van der Waals surface area contributed by atoms with Gasteiger partial charge in [0, 0.05) is 19.4 Å². The maximum absolute atomic E-state index is 12.2. The summed E-state index contributed by atoms with van der Waals surface area (Å²) >= 11 is 0. The average molecular weight is 393 g/mol. The number of aromatic nitrogens is 2. The molecule has 0 radical (unpaired) electrons. The van der Waals surface area contributed by atoms with Gasteiger partial charge in [-0.3, -0.25) is 23.9 Å². The van der Waals surface area contributed by atoms with Gasteiger partial charge in [0.1, 0.15) is 0 Å². The number of hydrogen-bond acceptors (Lipinski definition) is 8. The highest BCUT2D eigenvalue weighted by atomic mass is 32.2. The molecule has 1 aromatic heterocycles. The van der Waals surface area contributed by atoms with Gasteiger partial charge in [0.25, 0.3) is 11.5 Å². The van der Waals surface area contributed by atoms with Crippen LogP contribution in [0.25, 0.3) is 0 Å². The van der Waals surface area contributed by atoms with Gasteiger partial charge >= 0.3 is 5.69 Å². The number of nitrogens with zero attached hydrogens (tertiary/aromatic N) is 1. The minimum atomic E-state index is -3.82. The molecule has 1 heterocycles. The molecule has 0 aliphatic heterocycles. The van der Waals surface area contributed by atoms with E-state index in [1.54, 1.807) is 13.8 Å². The Morgan fingerprint density at radius 3 is 2.46 bits per heavy atom. The van der Waals surface area contributed by atoms with Crippen LogP contribution in [0.5, 0.6) is 0 Å². The smallest absolute Gasteiger partial charge is 0.330 e. The Bertz CT molecular complexity index is 814. The Morgan fingerprint density at radius 2 is 1.96 bits per heavy atom. The van der Waals surface area contributed by atoms with Crippen molar-refractivity contribution in [2.24, 2.45) is 0 Å². The molecule has 0 unspecified atom stereocenters. The second-order valence-corrected chi connectivity index (χ2v) is 7.42. The van der Waals surface area contributed by atoms with Gasteiger partial charge in [0.15, 0.2) is 12.3 Å². The van der Waals surface area contributed by atoms with E-state index in [9.17, 15) is 22.8 Å². The van der Waals surface area contributed by atoms with Crippen molar-refractivity contribution in [3.05, 3.63) is 33.1 Å². The van der Waals surface area contributed by atoms with Crippen LogP contribution in [0.2, 0.25) is 0 Å². The van der Waals surface area contributed by atoms with E-state index in [2.05, 4.69) is 4.98 Å². The maximum atomic E-state index is 12.2. The lowest BCUT2D eigenvalue weighted by Crippen LogP contribution is -2.45. The topological polar surface area (TPSA) is 146 Å². The third kappa shape index (κ3) is 7.47. The zero-order valence-corrected chi connectivity index (χ0v) is 15.7. The van der Waals surface area contributed by atoms with Crippen molar-refractivity contribution < 1.29 is 27.4 Å². The van der Waals surface area contributed by atoms with Crippen molar-refractivity contribution in [1.82, 2.24) is 14.3 Å². The Morgan fingerprint density at radius 1 is 1.31 bits per heavy atom. The first-order valence-corrected chi connectivity index (χ1v) is 9.51. The Labute approximate surface area is 150 Å². The standard InChI is InChI=1S/C14H23N3O8S/c1-9(2)24-7-10(13(19)16-26(4,21)22)25-12(8-23-3)17-6-5-11(18)15-14(17)20/h5-6,9-10,12H,7-8H2,1-4H3,(H,16,19)(H,15,18,20)/t10-,12+/m0/s1. The van der Waals surface area contributed by atoms with Gasteiger partial charge < -0.3 is 14.2 Å². The van der Waals surface area contributed by atoms with Gasteiger partial charge in [-0.15, -0.1) is 0 Å². The lowest BCUT2D eigenvalue weighted by molar-refractivity contribution is -0.154. The molecule has 1 rings (SSSR count). The summed E-state index contributed by atoms with van der Waals surface area (Å²) in [6.45, 7) is 3.06. The van der Waals surface area contributed by atoms with E-state index in [1.807, 2.05) is 4.72 Å². The first kappa shape index (κ1) is 22.0. The second-order valence-electron chi connectivity index (χ2n) is 5.67. The van der Waals surface area contributed by atoms with E-state index in [1.165, 1.54) is 13.3 Å². The number of aromatic amines is 1. The number of carbonyl (C=O) groups excluding carboxylic acids is 1. The lowest BCUT2D eigenvalue weighted by atomic mass is 10.3. The van der Waals surface area contributed by atoms with Crippen LogP contribution < -0.4 is 16.0 Å². The second kappa shape index (κ2) is 9.62. The van der Waals surface area contributed by atoms with E-state index >= 15 is 0 Å². The highest BCUT2D eigenvalue weighted by molar-refractivity contribution is 7.89. The lowest BCUT2D eigenvalue weighted by Gasteiger charge is -2.25. The summed E-state index contributed by atoms with van der Waals surface area (Å²) in [5.41, 5.74) is -1.37. The van der Waals surface area contributed by atoms with Gasteiger partial charge in [0.05, 0.1) is 25.6 Å². The molecule has 0 aliphatic carbocycles. The quantitative estimate of drug-likeness (QED) is 0.492. The van der Waals surface area contributed by atoms with Crippen molar-refractivity contribution in [2.75, 3.05) is 26.6 Å². The normalized spacial score (nSPS) is 14.2. The molecule has 0 aliphatic rings. The number of rotatable bonds is 10. The number of sulfonamides is 1. The highest BCUT2D eigenvalue weighted by Crippen LogP contribution is 2.11. The fourth-order valence-corrected chi connectivity index (χ4v) is 2.37. The molecule has 0 bridgehead atoms. The van der Waals surface area contributed by atoms with Crippen LogP contribution in [0.4, 0.5) is 0 Å². The van der Waals surface area contributed by atoms with Crippen molar-refractivity contribution in [2.45, 2.75) is 32.3 Å². The minimum absolute atomic E-state index is 0.143. The predicted molar refractivity (Wildman–Crippen MR) is 91.2 cm³/mol. The number of hydrogen-bond donors (Lipinski definition) is 2. The molecule has 0 fully saturated rings. The first-order chi connectivity index (χ1) is 12.0. The molecule has 1 aromatic rings. The van der Waals surface area contributed by atoms with Crippen molar-refractivity contribution >= 4 is 15.9 Å². The maximum Gasteiger partial charge on any atom is 0.330 e. The van der Waals surface area contributed by atoms with Crippen LogP contribution in [-0.4, -0.2) is 62.7 Å². The predicted octanol–water partition coefficient (Wildman–Crippen LogP) is -1.43. The van der Waals surface area contributed by atoms with Gasteiger partial charge in [-0.05, 0) is 13.8 Å². The summed E-state index contributed by atoms with van der Waals surface area (Å²) < 4.78 is 41.3. The summed E-state index contributed by atoms with van der Waals surface area (Å²) in [6.07, 6.45) is -0.686. The Kier molecular flexibility index (Phi) is 8.14. The van der Waals surface area contributed by atoms with E-state index in [-0.39, 0.29) is 19.3 Å². The van der Waals surface area contributed by atoms with Crippen LogP contribution in [0, 0.1) is 0 Å². The molecule has 148 valence electrons. The molecule has 0 aromatic carbocycles. The number of amides is 1. The number of methoxy groups -OCH3 is 1. The highest BCUT2D eigenvalue weighted by Gasteiger charge is 2.27. The van der Waals surface area contributed by atoms with E-state index in [4.69, 9.17) is 14.2 Å². The Balaban J connectivity index is 3.10. The zero-order chi connectivity index (χ0) is 19.9. The van der Waals surface area contributed by atoms with Crippen LogP contribution in [-0.2, 0) is 29.0 Å². The molecule has 11 nitrogen and oxygen atoms in total. The summed E-state index contributed by atoms with van der Waals surface area (Å²) in [7, 11) is -2.47. The van der Waals surface area contributed by atoms with E-state index < -0.39 is 39.5 Å². The van der Waals surface area contributed by atoms with Crippen LogP contribution in [0.3, 0.4) is 0 Å². The number of ether oxygens (including phenoxy) is 3. The molecule has 1 amide bonds. The summed E-state index contributed by atoms with van der Waals surface area (Å²) in [4.78, 5) is 37.4. The van der Waals surface area contributed by atoms with Crippen LogP contribution in [0.1, 0.15) is 20.1 Å². The summed E-state index contributed by atoms with van der Waals surface area (Å²) in [6, 6.07) is 1.10. The van der Waals surface area contributed by atoms with Crippen molar-refractivity contribution in [3.8, 4) is 0 Å². The average Bonchev–Trinajstić information content (AvgIpc) is 2.48. The number of H-pyrrole nitrogens is 1. The van der Waals surface area contributed by atoms with E-state index in [0.717, 1.165) is 16.9 Å². The summed E-state index contributed by atoms with van der Waals surface area (Å²) in [5.74, 6) is -0.952. The third-order valence-electron chi connectivity index (χ3n) is 2.95. The van der Waals surface area contributed by atoms with Crippen molar-refractivity contribution in [1.29, 1.82) is 0 Å². The van der Waals surface area contributed by atoms with Gasteiger partial charge in [-0.25, -0.2) is 13.2 Å². The molecular weight excluding hydrogens is 370 g/mol. The van der Waals surface area contributed by atoms with Gasteiger partial charge in [-0.2, -0.15) is 0 Å². The molecule has 0 saturated carbocycles. The van der Waals surface area contributed by atoms with Crippen molar-refractivity contribution in [3.63, 3.8) is 0 Å². The van der Waals surface area contributed by atoms with E-state index in [0.29, 0.717) is 0 Å². The van der Waals surface area contributed by atoms with Gasteiger partial charge in [-0.1, -0.05) is 0 Å². The number of carbonyl (C=O) groups is 1. The summed E-state index contributed by atoms with van der Waals surface area (Å²) in [5, 5.41) is 0. The fraction of sp³-hybridized carbons (Fsp3) is 0.643. The van der Waals surface area contributed by atoms with Crippen LogP contribution >= 0.6 is 0 Å². The molecule has 2 N–H and O–H groups in total. The fourth-order valence-electron chi connectivity index (χ4n) is 1.88. The molecule has 2 atom stereocenters. The largest absolute Gasteiger partial charge is 0.380 e. The van der Waals surface area contributed by atoms with Crippen LogP contribution in [0.15, 0.2) is 21.9 Å². The number of nitrogens with one attached hydrogen (secondary N) is 2. The molecule has 12 heteroatoms. The zero-order valence-electron chi connectivity index (χ0n) is 14.9. The first-order valence-electron chi connectivity index (χ1n) is 7.62. The third-order valence-corrected chi connectivity index (χ3v) is 3.52.